The molecule has 1 aromatic rings. The van der Waals surface area contributed by atoms with Gasteiger partial charge in [-0.15, -0.1) is 0 Å². The van der Waals surface area contributed by atoms with Crippen molar-refractivity contribution < 1.29 is 15.0 Å². The van der Waals surface area contributed by atoms with E-state index in [1.807, 2.05) is 13.8 Å². The Kier molecular flexibility index (Phi) is 5.11. The molecule has 1 unspecified atom stereocenters. The molecule has 1 rings (SSSR count). The summed E-state index contributed by atoms with van der Waals surface area (Å²) in [5.41, 5.74) is 0.0948. The lowest BCUT2D eigenvalue weighted by molar-refractivity contribution is -0.140. The smallest absolute Gasteiger partial charge is 0.326 e. The molecular weight excluding hydrogens is 248 g/mol. The van der Waals surface area contributed by atoms with Crippen LogP contribution >= 0.6 is 0 Å². The van der Waals surface area contributed by atoms with Crippen LogP contribution in [0.5, 0.6) is 5.75 Å². The predicted octanol–water partition coefficient (Wildman–Crippen LogP) is 1.04. The summed E-state index contributed by atoms with van der Waals surface area (Å²) in [6, 6.07) is 0.463. The summed E-state index contributed by atoms with van der Waals surface area (Å²) in [6.45, 7) is 7.57. The summed E-state index contributed by atoms with van der Waals surface area (Å²) < 4.78 is 1.43. The first-order valence-corrected chi connectivity index (χ1v) is 6.29. The fraction of sp³-hybridized carbons (Fsp3) is 0.538. The fourth-order valence-corrected chi connectivity index (χ4v) is 1.86. The molecule has 1 atom stereocenters. The molecule has 0 saturated heterocycles. The first-order valence-electron chi connectivity index (χ1n) is 6.29. The SMILES string of the molecule is CCN(CC)Cc1cc(=O)c(O)cn1C(C)C(=O)O. The lowest BCUT2D eigenvalue weighted by Crippen LogP contribution is -2.28. The van der Waals surface area contributed by atoms with E-state index < -0.39 is 23.2 Å². The summed E-state index contributed by atoms with van der Waals surface area (Å²) in [5, 5.41) is 18.5. The molecule has 0 saturated carbocycles. The van der Waals surface area contributed by atoms with Crippen LogP contribution in [0, 0.1) is 0 Å². The van der Waals surface area contributed by atoms with E-state index in [1.165, 1.54) is 23.8 Å². The Hall–Kier alpha value is -1.82. The zero-order valence-corrected chi connectivity index (χ0v) is 11.5. The Balaban J connectivity index is 3.23. The van der Waals surface area contributed by atoms with Gasteiger partial charge in [-0.05, 0) is 20.0 Å². The topological polar surface area (TPSA) is 82.8 Å². The molecule has 1 aromatic heterocycles. The van der Waals surface area contributed by atoms with Crippen LogP contribution in [0.2, 0.25) is 0 Å². The van der Waals surface area contributed by atoms with Crippen molar-refractivity contribution in [2.24, 2.45) is 0 Å². The van der Waals surface area contributed by atoms with Gasteiger partial charge in [0, 0.05) is 18.3 Å². The summed E-state index contributed by atoms with van der Waals surface area (Å²) in [6.07, 6.45) is 1.19. The summed E-state index contributed by atoms with van der Waals surface area (Å²) in [5.74, 6) is -1.44. The molecule has 0 amide bonds. The number of carboxylic acid groups (broad SMARTS) is 1. The van der Waals surface area contributed by atoms with Crippen LogP contribution in [0.25, 0.3) is 0 Å². The normalized spacial score (nSPS) is 12.6. The number of aromatic nitrogens is 1. The summed E-state index contributed by atoms with van der Waals surface area (Å²) >= 11 is 0. The van der Waals surface area contributed by atoms with E-state index in [0.717, 1.165) is 13.1 Å². The van der Waals surface area contributed by atoms with Gasteiger partial charge < -0.3 is 14.8 Å². The molecule has 19 heavy (non-hydrogen) atoms. The van der Waals surface area contributed by atoms with E-state index in [-0.39, 0.29) is 0 Å². The molecule has 0 spiro atoms. The van der Waals surface area contributed by atoms with Crippen LogP contribution < -0.4 is 5.43 Å². The molecule has 106 valence electrons. The van der Waals surface area contributed by atoms with Gasteiger partial charge in [-0.1, -0.05) is 13.8 Å². The molecule has 1 heterocycles. The minimum atomic E-state index is -1.01. The largest absolute Gasteiger partial charge is 0.503 e. The molecule has 0 aliphatic heterocycles. The van der Waals surface area contributed by atoms with Crippen LogP contribution in [0.4, 0.5) is 0 Å². The number of hydrogen-bond acceptors (Lipinski definition) is 4. The van der Waals surface area contributed by atoms with E-state index in [1.54, 1.807) is 0 Å². The minimum absolute atomic E-state index is 0.434. The second kappa shape index (κ2) is 6.38. The van der Waals surface area contributed by atoms with Crippen molar-refractivity contribution >= 4 is 5.97 Å². The Morgan fingerprint density at radius 1 is 1.42 bits per heavy atom. The lowest BCUT2D eigenvalue weighted by Gasteiger charge is -2.23. The van der Waals surface area contributed by atoms with E-state index in [4.69, 9.17) is 5.11 Å². The number of rotatable bonds is 6. The van der Waals surface area contributed by atoms with Crippen LogP contribution in [-0.2, 0) is 11.3 Å². The van der Waals surface area contributed by atoms with Crippen molar-refractivity contribution in [3.63, 3.8) is 0 Å². The van der Waals surface area contributed by atoms with E-state index in [2.05, 4.69) is 4.90 Å². The maximum Gasteiger partial charge on any atom is 0.326 e. The van der Waals surface area contributed by atoms with E-state index in [9.17, 15) is 14.7 Å². The molecule has 6 heteroatoms. The van der Waals surface area contributed by atoms with Crippen molar-refractivity contribution in [2.45, 2.75) is 33.4 Å². The highest BCUT2D eigenvalue weighted by Crippen LogP contribution is 2.15. The fourth-order valence-electron chi connectivity index (χ4n) is 1.86. The highest BCUT2D eigenvalue weighted by molar-refractivity contribution is 5.71. The van der Waals surface area contributed by atoms with Crippen LogP contribution in [-0.4, -0.2) is 38.7 Å². The van der Waals surface area contributed by atoms with Gasteiger partial charge in [0.15, 0.2) is 5.75 Å². The third-order valence-electron chi connectivity index (χ3n) is 3.20. The summed E-state index contributed by atoms with van der Waals surface area (Å²) in [4.78, 5) is 24.7. The Morgan fingerprint density at radius 3 is 2.47 bits per heavy atom. The third kappa shape index (κ3) is 3.57. The van der Waals surface area contributed by atoms with Crippen LogP contribution in [0.15, 0.2) is 17.1 Å². The number of carboxylic acids is 1. The average molecular weight is 268 g/mol. The lowest BCUT2D eigenvalue weighted by atomic mass is 10.2. The Bertz CT molecular complexity index is 506. The van der Waals surface area contributed by atoms with Crippen LogP contribution in [0.1, 0.15) is 32.5 Å². The minimum Gasteiger partial charge on any atom is -0.503 e. The van der Waals surface area contributed by atoms with Gasteiger partial charge in [-0.2, -0.15) is 0 Å². The quantitative estimate of drug-likeness (QED) is 0.805. The molecule has 0 aromatic carbocycles. The molecule has 0 fully saturated rings. The van der Waals surface area contributed by atoms with E-state index in [0.29, 0.717) is 12.2 Å². The molecule has 6 nitrogen and oxygen atoms in total. The number of hydrogen-bond donors (Lipinski definition) is 2. The number of pyridine rings is 1. The van der Waals surface area contributed by atoms with Gasteiger partial charge in [-0.3, -0.25) is 9.69 Å². The molecule has 0 aliphatic carbocycles. The van der Waals surface area contributed by atoms with Gasteiger partial charge in [0.1, 0.15) is 6.04 Å². The first-order chi connectivity index (χ1) is 8.90. The Morgan fingerprint density at radius 2 is 2.00 bits per heavy atom. The number of aliphatic carboxylic acids is 1. The standard InChI is InChI=1S/C13H20N2O4/c1-4-14(5-2)7-10-6-11(16)12(17)8-15(10)9(3)13(18)19/h6,8-9,17H,4-5,7H2,1-3H3,(H,18,19). The maximum atomic E-state index is 11.5. The van der Waals surface area contributed by atoms with Gasteiger partial charge in [0.2, 0.25) is 5.43 Å². The van der Waals surface area contributed by atoms with Crippen LogP contribution in [0.3, 0.4) is 0 Å². The third-order valence-corrected chi connectivity index (χ3v) is 3.20. The van der Waals surface area contributed by atoms with Gasteiger partial charge in [0.25, 0.3) is 0 Å². The number of aromatic hydroxyl groups is 1. The van der Waals surface area contributed by atoms with E-state index >= 15 is 0 Å². The second-order valence-electron chi connectivity index (χ2n) is 4.40. The Labute approximate surface area is 111 Å². The zero-order valence-electron chi connectivity index (χ0n) is 11.5. The van der Waals surface area contributed by atoms with Crippen molar-refractivity contribution in [3.8, 4) is 5.75 Å². The average Bonchev–Trinajstić information content (AvgIpc) is 2.38. The highest BCUT2D eigenvalue weighted by Gasteiger charge is 2.18. The summed E-state index contributed by atoms with van der Waals surface area (Å²) in [7, 11) is 0. The first kappa shape index (κ1) is 15.2. The molecule has 0 aliphatic rings. The van der Waals surface area contributed by atoms with Gasteiger partial charge in [0.05, 0.1) is 6.20 Å². The second-order valence-corrected chi connectivity index (χ2v) is 4.40. The van der Waals surface area contributed by atoms with Crippen molar-refractivity contribution in [3.05, 3.63) is 28.2 Å². The monoisotopic (exact) mass is 268 g/mol. The number of carbonyl (C=O) groups is 1. The molecular formula is C13H20N2O4. The molecule has 0 bridgehead atoms. The van der Waals surface area contributed by atoms with Crippen molar-refractivity contribution in [2.75, 3.05) is 13.1 Å². The molecule has 2 N–H and O–H groups in total. The maximum absolute atomic E-state index is 11.5. The highest BCUT2D eigenvalue weighted by atomic mass is 16.4. The number of nitrogens with zero attached hydrogens (tertiary/aromatic N) is 2. The van der Waals surface area contributed by atoms with Crippen molar-refractivity contribution in [1.29, 1.82) is 0 Å². The zero-order chi connectivity index (χ0) is 14.6. The van der Waals surface area contributed by atoms with Gasteiger partial charge in [-0.25, -0.2) is 4.79 Å². The van der Waals surface area contributed by atoms with Crippen molar-refractivity contribution in [1.82, 2.24) is 9.47 Å². The molecule has 0 radical (unpaired) electrons. The predicted molar refractivity (Wildman–Crippen MR) is 71.3 cm³/mol. The van der Waals surface area contributed by atoms with Gasteiger partial charge >= 0.3 is 5.97 Å².